The SMILES string of the molecule is CCN(c1cccc(CNC(C)(C)C)n1)C1CCCCC1. The Bertz CT molecular complexity index is 430. The zero-order valence-corrected chi connectivity index (χ0v) is 14.2. The summed E-state index contributed by atoms with van der Waals surface area (Å²) in [7, 11) is 0. The van der Waals surface area contributed by atoms with Crippen molar-refractivity contribution in [1.82, 2.24) is 10.3 Å². The lowest BCUT2D eigenvalue weighted by atomic mass is 9.94. The van der Waals surface area contributed by atoms with Crippen molar-refractivity contribution in [3.05, 3.63) is 23.9 Å². The maximum atomic E-state index is 4.89. The van der Waals surface area contributed by atoms with Crippen molar-refractivity contribution in [2.45, 2.75) is 77.9 Å². The molecule has 0 aromatic carbocycles. The fourth-order valence-electron chi connectivity index (χ4n) is 3.08. The molecule has 0 atom stereocenters. The van der Waals surface area contributed by atoms with E-state index < -0.39 is 0 Å². The highest BCUT2D eigenvalue weighted by molar-refractivity contribution is 5.40. The molecule has 0 radical (unpaired) electrons. The van der Waals surface area contributed by atoms with Gasteiger partial charge in [0.05, 0.1) is 5.69 Å². The third-order valence-corrected chi connectivity index (χ3v) is 4.24. The van der Waals surface area contributed by atoms with Gasteiger partial charge in [-0.05, 0) is 52.7 Å². The summed E-state index contributed by atoms with van der Waals surface area (Å²) in [6.45, 7) is 10.7. The van der Waals surface area contributed by atoms with E-state index >= 15 is 0 Å². The summed E-state index contributed by atoms with van der Waals surface area (Å²) in [5.74, 6) is 1.15. The minimum absolute atomic E-state index is 0.130. The standard InChI is InChI=1S/C18H31N3/c1-5-21(16-11-7-6-8-12-16)17-13-9-10-15(20-17)14-19-18(2,3)4/h9-10,13,16,19H,5-8,11-12,14H2,1-4H3. The van der Waals surface area contributed by atoms with E-state index in [1.54, 1.807) is 0 Å². The second kappa shape index (κ2) is 7.26. The van der Waals surface area contributed by atoms with E-state index in [2.05, 4.69) is 56.1 Å². The van der Waals surface area contributed by atoms with Gasteiger partial charge in [-0.2, -0.15) is 0 Å². The summed E-state index contributed by atoms with van der Waals surface area (Å²) in [6, 6.07) is 7.12. The molecule has 1 aromatic rings. The molecule has 0 bridgehead atoms. The van der Waals surface area contributed by atoms with E-state index in [-0.39, 0.29) is 5.54 Å². The summed E-state index contributed by atoms with van der Waals surface area (Å²) >= 11 is 0. The zero-order valence-electron chi connectivity index (χ0n) is 14.2. The smallest absolute Gasteiger partial charge is 0.129 e. The van der Waals surface area contributed by atoms with Crippen LogP contribution in [0.2, 0.25) is 0 Å². The Hall–Kier alpha value is -1.09. The highest BCUT2D eigenvalue weighted by Gasteiger charge is 2.21. The van der Waals surface area contributed by atoms with Gasteiger partial charge in [0.25, 0.3) is 0 Å². The van der Waals surface area contributed by atoms with Crippen molar-refractivity contribution in [3.63, 3.8) is 0 Å². The number of anilines is 1. The van der Waals surface area contributed by atoms with Crippen LogP contribution in [0.25, 0.3) is 0 Å². The maximum Gasteiger partial charge on any atom is 0.129 e. The molecule has 1 aliphatic carbocycles. The van der Waals surface area contributed by atoms with Crippen LogP contribution in [-0.4, -0.2) is 23.1 Å². The highest BCUT2D eigenvalue weighted by atomic mass is 15.2. The molecule has 0 spiro atoms. The van der Waals surface area contributed by atoms with E-state index in [1.165, 1.54) is 32.1 Å². The quantitative estimate of drug-likeness (QED) is 0.883. The number of rotatable bonds is 5. The Morgan fingerprint density at radius 2 is 1.90 bits per heavy atom. The molecule has 1 heterocycles. The molecule has 1 N–H and O–H groups in total. The van der Waals surface area contributed by atoms with Crippen LogP contribution < -0.4 is 10.2 Å². The number of nitrogens with zero attached hydrogens (tertiary/aromatic N) is 2. The molecule has 1 aromatic heterocycles. The van der Waals surface area contributed by atoms with Gasteiger partial charge >= 0.3 is 0 Å². The Labute approximate surface area is 130 Å². The third kappa shape index (κ3) is 4.99. The predicted octanol–water partition coefficient (Wildman–Crippen LogP) is 4.13. The van der Waals surface area contributed by atoms with E-state index in [9.17, 15) is 0 Å². The average molecular weight is 289 g/mol. The summed E-state index contributed by atoms with van der Waals surface area (Å²) in [5, 5.41) is 3.52. The minimum Gasteiger partial charge on any atom is -0.354 e. The molecule has 0 unspecified atom stereocenters. The first kappa shape index (κ1) is 16.3. The Morgan fingerprint density at radius 1 is 1.19 bits per heavy atom. The van der Waals surface area contributed by atoms with Gasteiger partial charge in [0.1, 0.15) is 5.82 Å². The number of hydrogen-bond acceptors (Lipinski definition) is 3. The van der Waals surface area contributed by atoms with E-state index in [0.717, 1.165) is 24.6 Å². The van der Waals surface area contributed by atoms with Crippen molar-refractivity contribution >= 4 is 5.82 Å². The van der Waals surface area contributed by atoms with Crippen molar-refractivity contribution in [3.8, 4) is 0 Å². The van der Waals surface area contributed by atoms with Gasteiger partial charge < -0.3 is 10.2 Å². The molecular weight excluding hydrogens is 258 g/mol. The molecule has 2 rings (SSSR count). The molecule has 0 amide bonds. The normalized spacial score (nSPS) is 17.0. The molecule has 0 saturated heterocycles. The molecule has 0 aliphatic heterocycles. The number of nitrogens with one attached hydrogen (secondary N) is 1. The van der Waals surface area contributed by atoms with Crippen LogP contribution in [0.3, 0.4) is 0 Å². The maximum absolute atomic E-state index is 4.89. The number of pyridine rings is 1. The summed E-state index contributed by atoms with van der Waals surface area (Å²) in [4.78, 5) is 7.39. The van der Waals surface area contributed by atoms with Gasteiger partial charge in [-0.15, -0.1) is 0 Å². The molecule has 118 valence electrons. The number of hydrogen-bond donors (Lipinski definition) is 1. The highest BCUT2D eigenvalue weighted by Crippen LogP contribution is 2.26. The summed E-state index contributed by atoms with van der Waals surface area (Å²) in [5.41, 5.74) is 1.27. The van der Waals surface area contributed by atoms with Crippen LogP contribution in [0.4, 0.5) is 5.82 Å². The Kier molecular flexibility index (Phi) is 5.63. The Balaban J connectivity index is 2.07. The van der Waals surface area contributed by atoms with Crippen LogP contribution in [0.15, 0.2) is 18.2 Å². The lowest BCUT2D eigenvalue weighted by molar-refractivity contribution is 0.413. The molecule has 3 nitrogen and oxygen atoms in total. The van der Waals surface area contributed by atoms with E-state index in [1.807, 2.05) is 0 Å². The van der Waals surface area contributed by atoms with Gasteiger partial charge in [-0.3, -0.25) is 0 Å². The fraction of sp³-hybridized carbons (Fsp3) is 0.722. The van der Waals surface area contributed by atoms with Gasteiger partial charge in [-0.1, -0.05) is 25.3 Å². The first-order valence-electron chi connectivity index (χ1n) is 8.47. The molecule has 3 heteroatoms. The van der Waals surface area contributed by atoms with Gasteiger partial charge in [-0.25, -0.2) is 4.98 Å². The topological polar surface area (TPSA) is 28.2 Å². The van der Waals surface area contributed by atoms with Crippen LogP contribution >= 0.6 is 0 Å². The van der Waals surface area contributed by atoms with Gasteiger partial charge in [0, 0.05) is 24.7 Å². The van der Waals surface area contributed by atoms with Gasteiger partial charge in [0.15, 0.2) is 0 Å². The van der Waals surface area contributed by atoms with E-state index in [4.69, 9.17) is 4.98 Å². The molecule has 21 heavy (non-hydrogen) atoms. The van der Waals surface area contributed by atoms with Crippen LogP contribution in [0.5, 0.6) is 0 Å². The largest absolute Gasteiger partial charge is 0.354 e. The second-order valence-electron chi connectivity index (χ2n) is 7.17. The first-order chi connectivity index (χ1) is 9.99. The van der Waals surface area contributed by atoms with Gasteiger partial charge in [0.2, 0.25) is 0 Å². The summed E-state index contributed by atoms with van der Waals surface area (Å²) < 4.78 is 0. The lowest BCUT2D eigenvalue weighted by Crippen LogP contribution is -2.38. The third-order valence-electron chi connectivity index (χ3n) is 4.24. The van der Waals surface area contributed by atoms with Crippen molar-refractivity contribution in [2.24, 2.45) is 0 Å². The monoisotopic (exact) mass is 289 g/mol. The number of aromatic nitrogens is 1. The van der Waals surface area contributed by atoms with Crippen molar-refractivity contribution in [2.75, 3.05) is 11.4 Å². The zero-order chi connectivity index (χ0) is 15.3. The van der Waals surface area contributed by atoms with Crippen LogP contribution in [0.1, 0.15) is 65.5 Å². The molecule has 1 aliphatic rings. The Morgan fingerprint density at radius 3 is 2.52 bits per heavy atom. The molecule has 1 saturated carbocycles. The minimum atomic E-state index is 0.130. The molecular formula is C18H31N3. The average Bonchev–Trinajstić information content (AvgIpc) is 2.47. The lowest BCUT2D eigenvalue weighted by Gasteiger charge is -2.34. The second-order valence-corrected chi connectivity index (χ2v) is 7.17. The molecule has 1 fully saturated rings. The van der Waals surface area contributed by atoms with Crippen LogP contribution in [0, 0.1) is 0 Å². The van der Waals surface area contributed by atoms with Crippen LogP contribution in [-0.2, 0) is 6.54 Å². The summed E-state index contributed by atoms with van der Waals surface area (Å²) in [6.07, 6.45) is 6.77. The van der Waals surface area contributed by atoms with E-state index in [0.29, 0.717) is 6.04 Å². The van der Waals surface area contributed by atoms with Crippen molar-refractivity contribution < 1.29 is 0 Å². The fourth-order valence-corrected chi connectivity index (χ4v) is 3.08. The van der Waals surface area contributed by atoms with Crippen molar-refractivity contribution in [1.29, 1.82) is 0 Å². The predicted molar refractivity (Wildman–Crippen MR) is 90.7 cm³/mol. The first-order valence-corrected chi connectivity index (χ1v) is 8.47.